The van der Waals surface area contributed by atoms with Gasteiger partial charge >= 0.3 is 0 Å². The van der Waals surface area contributed by atoms with Gasteiger partial charge in [-0.1, -0.05) is 30.3 Å². The fraction of sp³-hybridized carbons (Fsp3) is 0.268. The van der Waals surface area contributed by atoms with E-state index in [1.165, 1.54) is 0 Å². The molecule has 0 radical (unpaired) electrons. The Bertz CT molecular complexity index is 2060. The van der Waals surface area contributed by atoms with Crippen LogP contribution in [0.2, 0.25) is 0 Å². The first kappa shape index (κ1) is 34.5. The number of imide groups is 1. The number of hydrogen-bond donors (Lipinski definition) is 3. The van der Waals surface area contributed by atoms with Gasteiger partial charge in [-0.15, -0.1) is 0 Å². The van der Waals surface area contributed by atoms with E-state index in [1.54, 1.807) is 18.6 Å². The number of amides is 3. The van der Waals surface area contributed by atoms with Gasteiger partial charge in [-0.25, -0.2) is 9.97 Å². The van der Waals surface area contributed by atoms with E-state index in [-0.39, 0.29) is 23.6 Å². The number of carbonyl (C=O) groups is 3. The second kappa shape index (κ2) is 15.5. The van der Waals surface area contributed by atoms with Crippen molar-refractivity contribution in [2.24, 2.45) is 0 Å². The number of anilines is 4. The van der Waals surface area contributed by atoms with Gasteiger partial charge < -0.3 is 15.5 Å². The van der Waals surface area contributed by atoms with E-state index < -0.39 is 0 Å². The van der Waals surface area contributed by atoms with Gasteiger partial charge in [0.2, 0.25) is 17.8 Å². The van der Waals surface area contributed by atoms with E-state index in [1.807, 2.05) is 85.8 Å². The summed E-state index contributed by atoms with van der Waals surface area (Å²) in [6.45, 7) is 4.54. The maximum Gasteiger partial charge on any atom is 0.255 e. The van der Waals surface area contributed by atoms with Crippen LogP contribution in [-0.4, -0.2) is 63.8 Å². The van der Waals surface area contributed by atoms with Crippen molar-refractivity contribution >= 4 is 40.7 Å². The van der Waals surface area contributed by atoms with Gasteiger partial charge in [-0.3, -0.25) is 29.6 Å². The number of aromatic nitrogens is 3. The number of aryl methyl sites for hydroxylation is 1. The van der Waals surface area contributed by atoms with Crippen molar-refractivity contribution < 1.29 is 14.4 Å². The average Bonchev–Trinajstić information content (AvgIpc) is 3.17. The molecule has 11 heteroatoms. The highest BCUT2D eigenvalue weighted by atomic mass is 16.2. The fourth-order valence-corrected chi connectivity index (χ4v) is 7.05. The summed E-state index contributed by atoms with van der Waals surface area (Å²) in [5.41, 5.74) is 7.93. The SMILES string of the molecule is Cc1ccc(NC(=O)c2ccc(N3CCC(N(C)Cc4ccccc4C4CCC(=O)NC4=O)CC3)cc2)cc1Nc1nccc(-c2cccnc2)n1. The minimum absolute atomic E-state index is 0.186. The van der Waals surface area contributed by atoms with Crippen molar-refractivity contribution in [3.63, 3.8) is 0 Å². The van der Waals surface area contributed by atoms with E-state index in [0.29, 0.717) is 36.1 Å². The summed E-state index contributed by atoms with van der Waals surface area (Å²) >= 11 is 0. The molecule has 3 N–H and O–H groups in total. The third kappa shape index (κ3) is 8.00. The lowest BCUT2D eigenvalue weighted by atomic mass is 9.87. The summed E-state index contributed by atoms with van der Waals surface area (Å²) in [6.07, 6.45) is 8.12. The minimum Gasteiger partial charge on any atom is -0.371 e. The predicted octanol–water partition coefficient (Wildman–Crippen LogP) is 6.46. The molecule has 4 heterocycles. The summed E-state index contributed by atoms with van der Waals surface area (Å²) in [4.78, 5) is 55.5. The molecule has 2 fully saturated rings. The molecule has 2 aliphatic rings. The molecule has 2 saturated heterocycles. The van der Waals surface area contributed by atoms with Crippen LogP contribution in [0.25, 0.3) is 11.3 Å². The van der Waals surface area contributed by atoms with Crippen molar-refractivity contribution in [3.05, 3.63) is 126 Å². The molecule has 52 heavy (non-hydrogen) atoms. The van der Waals surface area contributed by atoms with Crippen molar-refractivity contribution in [2.45, 2.75) is 51.1 Å². The molecule has 1 atom stereocenters. The first-order valence-electron chi connectivity index (χ1n) is 17.7. The van der Waals surface area contributed by atoms with E-state index in [0.717, 1.165) is 71.8 Å². The summed E-state index contributed by atoms with van der Waals surface area (Å²) < 4.78 is 0. The molecule has 0 saturated carbocycles. The second-order valence-corrected chi connectivity index (χ2v) is 13.5. The van der Waals surface area contributed by atoms with Crippen LogP contribution in [0.4, 0.5) is 23.0 Å². The molecule has 0 bridgehead atoms. The zero-order valence-corrected chi connectivity index (χ0v) is 29.4. The Hall–Kier alpha value is -5.94. The minimum atomic E-state index is -0.289. The molecule has 0 aliphatic carbocycles. The number of piperidine rings is 2. The molecule has 3 aromatic carbocycles. The smallest absolute Gasteiger partial charge is 0.255 e. The maximum absolute atomic E-state index is 13.3. The van der Waals surface area contributed by atoms with Crippen LogP contribution in [-0.2, 0) is 16.1 Å². The zero-order chi connectivity index (χ0) is 36.0. The molecule has 1 unspecified atom stereocenters. The lowest BCUT2D eigenvalue weighted by Gasteiger charge is -2.38. The largest absolute Gasteiger partial charge is 0.371 e. The fourth-order valence-electron chi connectivity index (χ4n) is 7.05. The third-order valence-corrected chi connectivity index (χ3v) is 10.0. The first-order chi connectivity index (χ1) is 25.3. The Morgan fingerprint density at radius 3 is 2.52 bits per heavy atom. The molecule has 0 spiro atoms. The molecule has 3 amide bonds. The summed E-state index contributed by atoms with van der Waals surface area (Å²) in [5.74, 6) is -0.413. The molecule has 11 nitrogen and oxygen atoms in total. The number of nitrogens with one attached hydrogen (secondary N) is 3. The lowest BCUT2D eigenvalue weighted by molar-refractivity contribution is -0.134. The highest BCUT2D eigenvalue weighted by molar-refractivity contribution is 6.04. The number of carbonyl (C=O) groups excluding carboxylic acids is 3. The number of rotatable bonds is 10. The Labute approximate surface area is 303 Å². The topological polar surface area (TPSA) is 132 Å². The molecule has 264 valence electrons. The van der Waals surface area contributed by atoms with Gasteiger partial charge in [-0.2, -0.15) is 0 Å². The number of pyridine rings is 1. The van der Waals surface area contributed by atoms with Crippen LogP contribution >= 0.6 is 0 Å². The number of hydrogen-bond acceptors (Lipinski definition) is 9. The number of benzene rings is 3. The van der Waals surface area contributed by atoms with E-state index >= 15 is 0 Å². The van der Waals surface area contributed by atoms with Gasteiger partial charge in [0.1, 0.15) is 0 Å². The molecular formula is C41H42N8O3. The standard InChI is InChI=1S/C41H42N8O3/c1-27-9-12-31(24-37(27)46-41-43-21-17-36(45-41)29-7-5-20-42-25-29)44-39(51)28-10-13-33(14-11-28)49-22-18-32(19-23-49)48(2)26-30-6-3-4-8-34(30)35-15-16-38(50)47-40(35)52/h3-14,17,20-21,24-25,32,35H,15-16,18-19,22-23,26H2,1-2H3,(H,44,51)(H,43,45,46)(H,47,50,52). The van der Waals surface area contributed by atoms with Gasteiger partial charge in [-0.05, 0) is 105 Å². The molecular weight excluding hydrogens is 653 g/mol. The normalized spacial score (nSPS) is 16.4. The van der Waals surface area contributed by atoms with E-state index in [2.05, 4.69) is 53.8 Å². The molecule has 5 aromatic rings. The van der Waals surface area contributed by atoms with Crippen molar-refractivity contribution in [3.8, 4) is 11.3 Å². The highest BCUT2D eigenvalue weighted by Crippen LogP contribution is 2.30. The Morgan fingerprint density at radius 1 is 0.942 bits per heavy atom. The van der Waals surface area contributed by atoms with Crippen LogP contribution < -0.4 is 20.9 Å². The Balaban J connectivity index is 0.930. The van der Waals surface area contributed by atoms with Crippen LogP contribution in [0, 0.1) is 6.92 Å². The van der Waals surface area contributed by atoms with Crippen molar-refractivity contribution in [1.29, 1.82) is 0 Å². The Morgan fingerprint density at radius 2 is 1.75 bits per heavy atom. The monoisotopic (exact) mass is 694 g/mol. The van der Waals surface area contributed by atoms with Crippen LogP contribution in [0.15, 0.2) is 104 Å². The van der Waals surface area contributed by atoms with E-state index in [4.69, 9.17) is 0 Å². The van der Waals surface area contributed by atoms with Gasteiger partial charge in [0, 0.05) is 78.9 Å². The van der Waals surface area contributed by atoms with Crippen molar-refractivity contribution in [2.75, 3.05) is 35.7 Å². The summed E-state index contributed by atoms with van der Waals surface area (Å²) in [5, 5.41) is 8.83. The molecule has 7 rings (SSSR count). The van der Waals surface area contributed by atoms with E-state index in [9.17, 15) is 14.4 Å². The van der Waals surface area contributed by atoms with Gasteiger partial charge in [0.25, 0.3) is 5.91 Å². The summed E-state index contributed by atoms with van der Waals surface area (Å²) in [6, 6.07) is 27.7. The van der Waals surface area contributed by atoms with Crippen LogP contribution in [0.3, 0.4) is 0 Å². The second-order valence-electron chi connectivity index (χ2n) is 13.5. The molecule has 2 aliphatic heterocycles. The Kier molecular flexibility index (Phi) is 10.3. The third-order valence-electron chi connectivity index (χ3n) is 10.0. The number of nitrogens with zero attached hydrogens (tertiary/aromatic N) is 5. The predicted molar refractivity (Wildman–Crippen MR) is 202 cm³/mol. The zero-order valence-electron chi connectivity index (χ0n) is 29.4. The summed E-state index contributed by atoms with van der Waals surface area (Å²) in [7, 11) is 2.15. The average molecular weight is 695 g/mol. The van der Waals surface area contributed by atoms with Crippen LogP contribution in [0.5, 0.6) is 0 Å². The van der Waals surface area contributed by atoms with Crippen molar-refractivity contribution in [1.82, 2.24) is 25.2 Å². The highest BCUT2D eigenvalue weighted by Gasteiger charge is 2.30. The molecule has 2 aromatic heterocycles. The quantitative estimate of drug-likeness (QED) is 0.141. The first-order valence-corrected chi connectivity index (χ1v) is 17.7. The van der Waals surface area contributed by atoms with Crippen LogP contribution in [0.1, 0.15) is 58.6 Å². The van der Waals surface area contributed by atoms with Gasteiger partial charge in [0.15, 0.2) is 0 Å². The maximum atomic E-state index is 13.3. The van der Waals surface area contributed by atoms with Gasteiger partial charge in [0.05, 0.1) is 11.6 Å². The lowest BCUT2D eigenvalue weighted by Crippen LogP contribution is -2.43.